The molecule has 0 aromatic carbocycles. The number of hydrogen-bond donors (Lipinski definition) is 1. The fourth-order valence-corrected chi connectivity index (χ4v) is 2.63. The molecule has 1 aromatic rings. The van der Waals surface area contributed by atoms with Crippen molar-refractivity contribution in [3.05, 3.63) is 23.9 Å². The molecule has 1 fully saturated rings. The maximum absolute atomic E-state index is 12.2. The third-order valence-corrected chi connectivity index (χ3v) is 3.86. The van der Waals surface area contributed by atoms with Gasteiger partial charge in [0.25, 0.3) is 0 Å². The minimum absolute atomic E-state index is 0.233. The van der Waals surface area contributed by atoms with Gasteiger partial charge in [0.15, 0.2) is 0 Å². The summed E-state index contributed by atoms with van der Waals surface area (Å²) in [7, 11) is 2.99. The molecule has 0 amide bonds. The second-order valence-corrected chi connectivity index (χ2v) is 4.97. The summed E-state index contributed by atoms with van der Waals surface area (Å²) in [6.07, 6.45) is 4.23. The summed E-state index contributed by atoms with van der Waals surface area (Å²) >= 11 is 0. The van der Waals surface area contributed by atoms with Gasteiger partial charge in [-0.3, -0.25) is 4.79 Å². The highest BCUT2D eigenvalue weighted by atomic mass is 16.5. The van der Waals surface area contributed by atoms with Crippen LogP contribution in [0.4, 0.5) is 0 Å². The SMILES string of the molecule is COC(=O)C(CN)(Cc1cccnc1OC)C1CC1. The molecule has 19 heavy (non-hydrogen) atoms. The van der Waals surface area contributed by atoms with Crippen molar-refractivity contribution in [3.63, 3.8) is 0 Å². The molecule has 1 atom stereocenters. The molecule has 0 spiro atoms. The number of carbonyl (C=O) groups excluding carboxylic acids is 1. The Hall–Kier alpha value is -1.62. The second-order valence-electron chi connectivity index (χ2n) is 4.97. The van der Waals surface area contributed by atoms with Gasteiger partial charge < -0.3 is 15.2 Å². The quantitative estimate of drug-likeness (QED) is 0.780. The third-order valence-electron chi connectivity index (χ3n) is 3.86. The molecule has 0 radical (unpaired) electrons. The Labute approximate surface area is 113 Å². The van der Waals surface area contributed by atoms with E-state index >= 15 is 0 Å². The highest BCUT2D eigenvalue weighted by molar-refractivity contribution is 5.78. The first-order chi connectivity index (χ1) is 9.17. The number of carbonyl (C=O) groups is 1. The number of aromatic nitrogens is 1. The Morgan fingerprint density at radius 3 is 2.79 bits per heavy atom. The first kappa shape index (κ1) is 13.8. The molecule has 1 heterocycles. The average molecular weight is 264 g/mol. The number of pyridine rings is 1. The topological polar surface area (TPSA) is 74.4 Å². The zero-order valence-corrected chi connectivity index (χ0v) is 11.4. The van der Waals surface area contributed by atoms with Gasteiger partial charge in [-0.2, -0.15) is 0 Å². The Bertz CT molecular complexity index is 460. The monoisotopic (exact) mass is 264 g/mol. The van der Waals surface area contributed by atoms with Gasteiger partial charge in [0.2, 0.25) is 5.88 Å². The zero-order chi connectivity index (χ0) is 13.9. The van der Waals surface area contributed by atoms with E-state index < -0.39 is 5.41 Å². The minimum atomic E-state index is -0.648. The standard InChI is InChI=1S/C14H20N2O3/c1-18-12-10(4-3-7-16-12)8-14(9-15,11-5-6-11)13(17)19-2/h3-4,7,11H,5-6,8-9,15H2,1-2H3. The van der Waals surface area contributed by atoms with Crippen LogP contribution in [0.25, 0.3) is 0 Å². The lowest BCUT2D eigenvalue weighted by molar-refractivity contribution is -0.153. The fourth-order valence-electron chi connectivity index (χ4n) is 2.63. The molecule has 0 saturated heterocycles. The van der Waals surface area contributed by atoms with Crippen molar-refractivity contribution in [2.24, 2.45) is 17.1 Å². The normalized spacial score (nSPS) is 17.6. The fraction of sp³-hybridized carbons (Fsp3) is 0.571. The van der Waals surface area contributed by atoms with E-state index in [9.17, 15) is 4.79 Å². The Kier molecular flexibility index (Phi) is 4.04. The predicted molar refractivity (Wildman–Crippen MR) is 70.7 cm³/mol. The van der Waals surface area contributed by atoms with Crippen molar-refractivity contribution < 1.29 is 14.3 Å². The van der Waals surface area contributed by atoms with Crippen LogP contribution in [-0.4, -0.2) is 31.7 Å². The summed E-state index contributed by atoms with van der Waals surface area (Å²) in [6.45, 7) is 0.280. The van der Waals surface area contributed by atoms with E-state index in [2.05, 4.69) is 4.98 Å². The predicted octanol–water partition coefficient (Wildman–Crippen LogP) is 1.16. The molecule has 5 heteroatoms. The molecule has 2 N–H and O–H groups in total. The molecule has 1 aliphatic carbocycles. The molecule has 2 rings (SSSR count). The van der Waals surface area contributed by atoms with Gasteiger partial charge in [-0.15, -0.1) is 0 Å². The second kappa shape index (κ2) is 5.57. The number of rotatable bonds is 6. The van der Waals surface area contributed by atoms with Crippen LogP contribution in [0.5, 0.6) is 5.88 Å². The summed E-state index contributed by atoms with van der Waals surface area (Å²) in [6, 6.07) is 3.75. The van der Waals surface area contributed by atoms with Crippen LogP contribution in [0.2, 0.25) is 0 Å². The summed E-state index contributed by atoms with van der Waals surface area (Å²) < 4.78 is 10.2. The van der Waals surface area contributed by atoms with Crippen LogP contribution in [0.15, 0.2) is 18.3 Å². The summed E-state index contributed by atoms with van der Waals surface area (Å²) in [5.41, 5.74) is 6.15. The van der Waals surface area contributed by atoms with Crippen LogP contribution >= 0.6 is 0 Å². The average Bonchev–Trinajstić information content (AvgIpc) is 3.29. The number of methoxy groups -OCH3 is 2. The van der Waals surface area contributed by atoms with Crippen LogP contribution < -0.4 is 10.5 Å². The van der Waals surface area contributed by atoms with E-state index in [1.165, 1.54) is 7.11 Å². The molecule has 5 nitrogen and oxygen atoms in total. The van der Waals surface area contributed by atoms with Gasteiger partial charge >= 0.3 is 5.97 Å². The van der Waals surface area contributed by atoms with Crippen LogP contribution in [-0.2, 0) is 16.0 Å². The van der Waals surface area contributed by atoms with Crippen molar-refractivity contribution >= 4 is 5.97 Å². The lowest BCUT2D eigenvalue weighted by atomic mass is 9.77. The largest absolute Gasteiger partial charge is 0.481 e. The van der Waals surface area contributed by atoms with Gasteiger partial charge in [-0.05, 0) is 31.2 Å². The van der Waals surface area contributed by atoms with Crippen molar-refractivity contribution in [1.82, 2.24) is 4.98 Å². The molecule has 0 aliphatic heterocycles. The van der Waals surface area contributed by atoms with E-state index in [0.29, 0.717) is 18.2 Å². The molecule has 1 unspecified atom stereocenters. The first-order valence-electron chi connectivity index (χ1n) is 6.44. The third kappa shape index (κ3) is 2.56. The lowest BCUT2D eigenvalue weighted by Gasteiger charge is -2.30. The Morgan fingerprint density at radius 2 is 2.26 bits per heavy atom. The Balaban J connectivity index is 2.32. The van der Waals surface area contributed by atoms with Gasteiger partial charge in [0, 0.05) is 18.3 Å². The molecule has 0 bridgehead atoms. The Morgan fingerprint density at radius 1 is 1.53 bits per heavy atom. The van der Waals surface area contributed by atoms with E-state index in [1.54, 1.807) is 13.3 Å². The van der Waals surface area contributed by atoms with Gasteiger partial charge in [0.1, 0.15) is 0 Å². The number of ether oxygens (including phenoxy) is 2. The highest BCUT2D eigenvalue weighted by Gasteiger charge is 2.51. The number of esters is 1. The minimum Gasteiger partial charge on any atom is -0.481 e. The van der Waals surface area contributed by atoms with E-state index in [0.717, 1.165) is 18.4 Å². The molecule has 1 aromatic heterocycles. The van der Waals surface area contributed by atoms with Crippen molar-refractivity contribution in [1.29, 1.82) is 0 Å². The van der Waals surface area contributed by atoms with Gasteiger partial charge in [-0.1, -0.05) is 6.07 Å². The van der Waals surface area contributed by atoms with Gasteiger partial charge in [-0.25, -0.2) is 4.98 Å². The maximum Gasteiger partial charge on any atom is 0.313 e. The van der Waals surface area contributed by atoms with Crippen LogP contribution in [0.1, 0.15) is 18.4 Å². The van der Waals surface area contributed by atoms with Crippen molar-refractivity contribution in [3.8, 4) is 5.88 Å². The van der Waals surface area contributed by atoms with Crippen LogP contribution in [0, 0.1) is 11.3 Å². The number of nitrogens with zero attached hydrogens (tertiary/aromatic N) is 1. The summed E-state index contributed by atoms with van der Waals surface area (Å²) in [4.78, 5) is 16.4. The van der Waals surface area contributed by atoms with E-state index in [1.807, 2.05) is 12.1 Å². The molecular weight excluding hydrogens is 244 g/mol. The van der Waals surface area contributed by atoms with Gasteiger partial charge in [0.05, 0.1) is 19.6 Å². The van der Waals surface area contributed by atoms with Crippen LogP contribution in [0.3, 0.4) is 0 Å². The molecule has 104 valence electrons. The molecule has 1 saturated carbocycles. The maximum atomic E-state index is 12.2. The number of nitrogens with two attached hydrogens (primary N) is 1. The smallest absolute Gasteiger partial charge is 0.313 e. The van der Waals surface area contributed by atoms with Crippen molar-refractivity contribution in [2.45, 2.75) is 19.3 Å². The highest BCUT2D eigenvalue weighted by Crippen LogP contribution is 2.48. The molecular formula is C14H20N2O3. The van der Waals surface area contributed by atoms with E-state index in [-0.39, 0.29) is 12.5 Å². The van der Waals surface area contributed by atoms with E-state index in [4.69, 9.17) is 15.2 Å². The molecule has 1 aliphatic rings. The first-order valence-corrected chi connectivity index (χ1v) is 6.44. The lowest BCUT2D eigenvalue weighted by Crippen LogP contribution is -2.43. The van der Waals surface area contributed by atoms with Crippen molar-refractivity contribution in [2.75, 3.05) is 20.8 Å². The summed E-state index contributed by atoms with van der Waals surface area (Å²) in [5, 5.41) is 0. The number of hydrogen-bond acceptors (Lipinski definition) is 5. The zero-order valence-electron chi connectivity index (χ0n) is 11.4. The summed E-state index contributed by atoms with van der Waals surface area (Å²) in [5.74, 6) is 0.614.